The summed E-state index contributed by atoms with van der Waals surface area (Å²) in [6, 6.07) is 8.84. The molecule has 0 saturated heterocycles. The average molecular weight is 285 g/mol. The smallest absolute Gasteiger partial charge is 0.412 e. The van der Waals surface area contributed by atoms with Gasteiger partial charge in [-0.15, -0.1) is 0 Å². The number of benzene rings is 1. The molecule has 1 amide bonds. The fourth-order valence-electron chi connectivity index (χ4n) is 1.65. The summed E-state index contributed by atoms with van der Waals surface area (Å²) >= 11 is 0. The molecule has 1 aromatic heterocycles. The molecule has 0 saturated carbocycles. The maximum absolute atomic E-state index is 11.8. The van der Waals surface area contributed by atoms with Gasteiger partial charge in [-0.2, -0.15) is 5.26 Å². The minimum atomic E-state index is -0.587. The molecule has 1 N–H and O–H groups in total. The standard InChI is InChI=1S/C15H15N3O3/c1-15(2,3)21-14(19)17-12-9-20-18-13(12)11-6-4-10(8-16)5-7-11/h4-7,9H,1-3H3,(H,17,19). The molecule has 0 unspecified atom stereocenters. The van der Waals surface area contributed by atoms with Crippen LogP contribution in [0.15, 0.2) is 35.1 Å². The highest BCUT2D eigenvalue weighted by Crippen LogP contribution is 2.27. The zero-order chi connectivity index (χ0) is 15.5. The van der Waals surface area contributed by atoms with Gasteiger partial charge in [0.2, 0.25) is 0 Å². The Morgan fingerprint density at radius 2 is 2.00 bits per heavy atom. The van der Waals surface area contributed by atoms with Crippen LogP contribution in [0.4, 0.5) is 10.5 Å². The van der Waals surface area contributed by atoms with Crippen molar-refractivity contribution < 1.29 is 14.1 Å². The zero-order valence-electron chi connectivity index (χ0n) is 12.0. The Kier molecular flexibility index (Phi) is 3.94. The second-order valence-corrected chi connectivity index (χ2v) is 5.39. The normalized spacial score (nSPS) is 10.8. The molecule has 108 valence electrons. The lowest BCUT2D eigenvalue weighted by atomic mass is 10.1. The number of ether oxygens (including phenoxy) is 1. The molecule has 0 fully saturated rings. The third-order valence-corrected chi connectivity index (χ3v) is 2.49. The minimum Gasteiger partial charge on any atom is -0.444 e. The second-order valence-electron chi connectivity index (χ2n) is 5.39. The first-order valence-electron chi connectivity index (χ1n) is 6.34. The summed E-state index contributed by atoms with van der Waals surface area (Å²) in [6.45, 7) is 5.34. The summed E-state index contributed by atoms with van der Waals surface area (Å²) in [4.78, 5) is 11.8. The second kappa shape index (κ2) is 5.67. The molecule has 6 heteroatoms. The van der Waals surface area contributed by atoms with E-state index in [9.17, 15) is 4.79 Å². The number of aromatic nitrogens is 1. The van der Waals surface area contributed by atoms with Crippen molar-refractivity contribution >= 4 is 11.8 Å². The number of nitrogens with one attached hydrogen (secondary N) is 1. The van der Waals surface area contributed by atoms with Crippen molar-refractivity contribution in [2.75, 3.05) is 5.32 Å². The molecule has 0 bridgehead atoms. The van der Waals surface area contributed by atoms with Crippen molar-refractivity contribution in [1.29, 1.82) is 5.26 Å². The molecule has 1 heterocycles. The van der Waals surface area contributed by atoms with E-state index in [4.69, 9.17) is 14.5 Å². The fraction of sp³-hybridized carbons (Fsp3) is 0.267. The highest BCUT2D eigenvalue weighted by molar-refractivity contribution is 5.89. The van der Waals surface area contributed by atoms with Crippen LogP contribution in [0, 0.1) is 11.3 Å². The molecule has 0 atom stereocenters. The van der Waals surface area contributed by atoms with E-state index in [0.717, 1.165) is 5.56 Å². The Morgan fingerprint density at radius 1 is 1.33 bits per heavy atom. The number of amides is 1. The van der Waals surface area contributed by atoms with Crippen LogP contribution < -0.4 is 5.32 Å². The number of rotatable bonds is 2. The lowest BCUT2D eigenvalue weighted by Gasteiger charge is -2.19. The maximum Gasteiger partial charge on any atom is 0.412 e. The van der Waals surface area contributed by atoms with Crippen molar-refractivity contribution in [1.82, 2.24) is 5.16 Å². The first-order valence-corrected chi connectivity index (χ1v) is 6.34. The fourth-order valence-corrected chi connectivity index (χ4v) is 1.65. The van der Waals surface area contributed by atoms with Crippen molar-refractivity contribution in [3.63, 3.8) is 0 Å². The molecule has 1 aromatic carbocycles. The van der Waals surface area contributed by atoms with Crippen molar-refractivity contribution in [3.05, 3.63) is 36.1 Å². The highest BCUT2D eigenvalue weighted by atomic mass is 16.6. The molecular weight excluding hydrogens is 270 g/mol. The minimum absolute atomic E-state index is 0.411. The molecule has 21 heavy (non-hydrogen) atoms. The van der Waals surface area contributed by atoms with Crippen LogP contribution >= 0.6 is 0 Å². The Morgan fingerprint density at radius 3 is 2.57 bits per heavy atom. The van der Waals surface area contributed by atoms with E-state index >= 15 is 0 Å². The van der Waals surface area contributed by atoms with E-state index in [1.54, 1.807) is 45.0 Å². The largest absolute Gasteiger partial charge is 0.444 e. The van der Waals surface area contributed by atoms with Gasteiger partial charge in [-0.1, -0.05) is 17.3 Å². The summed E-state index contributed by atoms with van der Waals surface area (Å²) in [5.41, 5.74) is 1.58. The van der Waals surface area contributed by atoms with E-state index in [1.807, 2.05) is 6.07 Å². The third-order valence-electron chi connectivity index (χ3n) is 2.49. The SMILES string of the molecule is CC(C)(C)OC(=O)Nc1conc1-c1ccc(C#N)cc1. The summed E-state index contributed by atoms with van der Waals surface area (Å²) in [5.74, 6) is 0. The van der Waals surface area contributed by atoms with Gasteiger partial charge in [-0.3, -0.25) is 5.32 Å². The number of carbonyl (C=O) groups is 1. The summed E-state index contributed by atoms with van der Waals surface area (Å²) in [6.07, 6.45) is 0.748. The molecule has 0 aliphatic rings. The molecule has 0 aliphatic heterocycles. The number of nitriles is 1. The molecule has 0 aliphatic carbocycles. The molecule has 2 rings (SSSR count). The van der Waals surface area contributed by atoms with E-state index in [-0.39, 0.29) is 0 Å². The average Bonchev–Trinajstić information content (AvgIpc) is 2.84. The molecule has 6 nitrogen and oxygen atoms in total. The third kappa shape index (κ3) is 3.83. The van der Waals surface area contributed by atoms with E-state index in [2.05, 4.69) is 10.5 Å². The van der Waals surface area contributed by atoms with Gasteiger partial charge in [-0.05, 0) is 32.9 Å². The van der Waals surface area contributed by atoms with Crippen LogP contribution in [0.25, 0.3) is 11.3 Å². The monoisotopic (exact) mass is 285 g/mol. The molecular formula is C15H15N3O3. The molecule has 0 radical (unpaired) electrons. The predicted molar refractivity (Wildman–Crippen MR) is 76.5 cm³/mol. The van der Waals surface area contributed by atoms with E-state index in [1.165, 1.54) is 6.26 Å². The summed E-state index contributed by atoms with van der Waals surface area (Å²) < 4.78 is 10.1. The van der Waals surface area contributed by atoms with Gasteiger partial charge in [0.15, 0.2) is 0 Å². The lowest BCUT2D eigenvalue weighted by molar-refractivity contribution is 0.0636. The quantitative estimate of drug-likeness (QED) is 0.911. The first-order chi connectivity index (χ1) is 9.89. The van der Waals surface area contributed by atoms with Crippen LogP contribution in [-0.4, -0.2) is 16.9 Å². The van der Waals surface area contributed by atoms with E-state index in [0.29, 0.717) is 16.9 Å². The van der Waals surface area contributed by atoms with Crippen LogP contribution in [0.2, 0.25) is 0 Å². The summed E-state index contributed by atoms with van der Waals surface area (Å²) in [7, 11) is 0. The van der Waals surface area contributed by atoms with Crippen LogP contribution in [-0.2, 0) is 4.74 Å². The van der Waals surface area contributed by atoms with Crippen molar-refractivity contribution in [2.45, 2.75) is 26.4 Å². The number of hydrogen-bond donors (Lipinski definition) is 1. The Balaban J connectivity index is 2.18. The maximum atomic E-state index is 11.8. The zero-order valence-corrected chi connectivity index (χ0v) is 12.0. The molecule has 0 spiro atoms. The van der Waals surface area contributed by atoms with Crippen molar-refractivity contribution in [3.8, 4) is 17.3 Å². The van der Waals surface area contributed by atoms with Crippen LogP contribution in [0.3, 0.4) is 0 Å². The Labute approximate surface area is 122 Å². The lowest BCUT2D eigenvalue weighted by Crippen LogP contribution is -2.27. The number of anilines is 1. The van der Waals surface area contributed by atoms with Gasteiger partial charge in [0, 0.05) is 5.56 Å². The molecule has 2 aromatic rings. The number of carbonyl (C=O) groups excluding carboxylic acids is 1. The van der Waals surface area contributed by atoms with Crippen LogP contribution in [0.1, 0.15) is 26.3 Å². The van der Waals surface area contributed by atoms with Gasteiger partial charge < -0.3 is 9.26 Å². The summed E-state index contributed by atoms with van der Waals surface area (Å²) in [5, 5.41) is 15.2. The number of nitrogens with zero attached hydrogens (tertiary/aromatic N) is 2. The van der Waals surface area contributed by atoms with Gasteiger partial charge in [0.25, 0.3) is 0 Å². The highest BCUT2D eigenvalue weighted by Gasteiger charge is 2.19. The Bertz CT molecular complexity index is 675. The Hall–Kier alpha value is -2.81. The van der Waals surface area contributed by atoms with Gasteiger partial charge in [-0.25, -0.2) is 4.79 Å². The van der Waals surface area contributed by atoms with Gasteiger partial charge >= 0.3 is 6.09 Å². The topological polar surface area (TPSA) is 88.2 Å². The van der Waals surface area contributed by atoms with Gasteiger partial charge in [0.05, 0.1) is 11.6 Å². The number of hydrogen-bond acceptors (Lipinski definition) is 5. The van der Waals surface area contributed by atoms with Crippen LogP contribution in [0.5, 0.6) is 0 Å². The van der Waals surface area contributed by atoms with Crippen molar-refractivity contribution in [2.24, 2.45) is 0 Å². The predicted octanol–water partition coefficient (Wildman–Crippen LogP) is 3.56. The van der Waals surface area contributed by atoms with E-state index < -0.39 is 11.7 Å². The van der Waals surface area contributed by atoms with Gasteiger partial charge in [0.1, 0.15) is 23.2 Å². The first kappa shape index (κ1) is 14.6.